The van der Waals surface area contributed by atoms with Crippen molar-refractivity contribution in [3.63, 3.8) is 0 Å². The molecule has 5 aromatic rings. The number of hydrogen-bond acceptors (Lipinski definition) is 4. The number of hydrogen-bond donors (Lipinski definition) is 2. The van der Waals surface area contributed by atoms with Crippen LogP contribution in [0.4, 0.5) is 11.6 Å². The van der Waals surface area contributed by atoms with E-state index in [1.54, 1.807) is 28.8 Å². The molecule has 8 heteroatoms. The molecule has 0 amide bonds. The molecule has 0 radical (unpaired) electrons. The molecule has 0 aliphatic rings. The molecule has 148 valence electrons. The van der Waals surface area contributed by atoms with Crippen molar-refractivity contribution in [3.8, 4) is 11.4 Å². The Bertz CT molecular complexity index is 1450. The summed E-state index contributed by atoms with van der Waals surface area (Å²) in [6.45, 7) is 0. The summed E-state index contributed by atoms with van der Waals surface area (Å²) in [4.78, 5) is 25.2. The van der Waals surface area contributed by atoms with E-state index in [2.05, 4.69) is 20.3 Å². The number of fused-ring (bicyclic) bond motifs is 3. The first-order chi connectivity index (χ1) is 14.5. The zero-order valence-corrected chi connectivity index (χ0v) is 17.3. The monoisotopic (exact) mass is 435 g/mol. The minimum Gasteiger partial charge on any atom is -0.323 e. The van der Waals surface area contributed by atoms with Crippen LogP contribution in [0.2, 0.25) is 10.0 Å². The van der Waals surface area contributed by atoms with Gasteiger partial charge >= 0.3 is 0 Å². The Morgan fingerprint density at radius 3 is 2.33 bits per heavy atom. The van der Waals surface area contributed by atoms with Gasteiger partial charge < -0.3 is 14.9 Å². The number of imidazole rings is 1. The molecule has 2 aromatic heterocycles. The van der Waals surface area contributed by atoms with Crippen molar-refractivity contribution in [2.75, 3.05) is 5.32 Å². The van der Waals surface area contributed by atoms with Crippen molar-refractivity contribution in [2.24, 2.45) is 7.05 Å². The van der Waals surface area contributed by atoms with Gasteiger partial charge in [0, 0.05) is 12.6 Å². The second kappa shape index (κ2) is 7.16. The van der Waals surface area contributed by atoms with E-state index in [9.17, 15) is 4.79 Å². The number of nitrogens with one attached hydrogen (secondary N) is 2. The first kappa shape index (κ1) is 18.7. The maximum Gasteiger partial charge on any atom is 0.261 e. The van der Waals surface area contributed by atoms with Crippen LogP contribution in [0, 0.1) is 0 Å². The maximum absolute atomic E-state index is 13.0. The molecule has 0 aliphatic heterocycles. The van der Waals surface area contributed by atoms with E-state index in [-0.39, 0.29) is 5.56 Å². The van der Waals surface area contributed by atoms with Gasteiger partial charge in [-0.05, 0) is 24.3 Å². The molecule has 0 bridgehead atoms. The standard InChI is InChI=1S/C22H15Cl2N5O/c1-29-19-16(26-22(29)27-18-13(23)8-5-9-14(18)24)11-10-15-17(19)21(30)28-20(25-15)12-6-3-2-4-7-12/h2-11H,1H3,(H,26,27)(H,25,28,30). The highest BCUT2D eigenvalue weighted by Gasteiger charge is 2.17. The molecule has 2 N–H and O–H groups in total. The van der Waals surface area contributed by atoms with Gasteiger partial charge in [-0.25, -0.2) is 9.97 Å². The van der Waals surface area contributed by atoms with E-state index < -0.39 is 0 Å². The van der Waals surface area contributed by atoms with Crippen molar-refractivity contribution in [1.29, 1.82) is 0 Å². The second-order valence-electron chi connectivity index (χ2n) is 6.82. The summed E-state index contributed by atoms with van der Waals surface area (Å²) in [5.74, 6) is 1.04. The molecule has 0 fully saturated rings. The highest BCUT2D eigenvalue weighted by molar-refractivity contribution is 6.39. The van der Waals surface area contributed by atoms with Crippen LogP contribution >= 0.6 is 23.2 Å². The first-order valence-electron chi connectivity index (χ1n) is 9.19. The number of rotatable bonds is 3. The lowest BCUT2D eigenvalue weighted by atomic mass is 10.1. The zero-order valence-electron chi connectivity index (χ0n) is 15.8. The summed E-state index contributed by atoms with van der Waals surface area (Å²) in [6, 6.07) is 18.4. The Kier molecular flexibility index (Phi) is 4.46. The Balaban J connectivity index is 1.70. The van der Waals surface area contributed by atoms with Crippen LogP contribution in [-0.4, -0.2) is 19.5 Å². The van der Waals surface area contributed by atoms with Crippen LogP contribution in [0.5, 0.6) is 0 Å². The van der Waals surface area contributed by atoms with Gasteiger partial charge in [0.15, 0.2) is 0 Å². The molecule has 0 saturated carbocycles. The van der Waals surface area contributed by atoms with E-state index in [1.165, 1.54) is 0 Å². The summed E-state index contributed by atoms with van der Waals surface area (Å²) in [7, 11) is 1.83. The molecule has 6 nitrogen and oxygen atoms in total. The third-order valence-corrected chi connectivity index (χ3v) is 5.58. The van der Waals surface area contributed by atoms with Crippen molar-refractivity contribution >= 4 is 56.8 Å². The van der Waals surface area contributed by atoms with Gasteiger partial charge in [-0.2, -0.15) is 0 Å². The van der Waals surface area contributed by atoms with Gasteiger partial charge in [-0.1, -0.05) is 59.6 Å². The molecule has 2 heterocycles. The van der Waals surface area contributed by atoms with Crippen molar-refractivity contribution in [3.05, 3.63) is 81.1 Å². The zero-order chi connectivity index (χ0) is 20.8. The first-order valence-corrected chi connectivity index (χ1v) is 9.94. The minimum atomic E-state index is -0.227. The predicted molar refractivity (Wildman–Crippen MR) is 122 cm³/mol. The summed E-state index contributed by atoms with van der Waals surface area (Å²) in [5.41, 5.74) is 3.10. The highest BCUT2D eigenvalue weighted by Crippen LogP contribution is 2.34. The van der Waals surface area contributed by atoms with E-state index in [1.807, 2.05) is 43.4 Å². The maximum atomic E-state index is 13.0. The number of benzene rings is 3. The molecular weight excluding hydrogens is 421 g/mol. The fourth-order valence-electron chi connectivity index (χ4n) is 3.50. The summed E-state index contributed by atoms with van der Waals surface area (Å²) in [5, 5.41) is 4.60. The molecule has 0 aliphatic carbocycles. The highest BCUT2D eigenvalue weighted by atomic mass is 35.5. The van der Waals surface area contributed by atoms with Crippen molar-refractivity contribution in [2.45, 2.75) is 0 Å². The fourth-order valence-corrected chi connectivity index (χ4v) is 4.00. The molecule has 30 heavy (non-hydrogen) atoms. The molecule has 3 aromatic carbocycles. The molecule has 0 atom stereocenters. The van der Waals surface area contributed by atoms with Crippen molar-refractivity contribution in [1.82, 2.24) is 19.5 Å². The summed E-state index contributed by atoms with van der Waals surface area (Å²) < 4.78 is 1.80. The average Bonchev–Trinajstić information content (AvgIpc) is 3.07. The number of halogens is 2. The number of para-hydroxylation sites is 1. The van der Waals surface area contributed by atoms with Crippen molar-refractivity contribution < 1.29 is 0 Å². The third kappa shape index (κ3) is 3.01. The van der Waals surface area contributed by atoms with Crippen LogP contribution < -0.4 is 10.9 Å². The Morgan fingerprint density at radius 2 is 1.60 bits per heavy atom. The smallest absolute Gasteiger partial charge is 0.261 e. The van der Waals surface area contributed by atoms with Crippen LogP contribution in [-0.2, 0) is 7.05 Å². The van der Waals surface area contributed by atoms with Crippen LogP contribution in [0.1, 0.15) is 0 Å². The largest absolute Gasteiger partial charge is 0.323 e. The number of H-pyrrole nitrogens is 1. The summed E-state index contributed by atoms with van der Waals surface area (Å²) in [6.07, 6.45) is 0. The van der Waals surface area contributed by atoms with Gasteiger partial charge in [-0.3, -0.25) is 4.79 Å². The topological polar surface area (TPSA) is 75.6 Å². The SMILES string of the molecule is Cn1c(Nc2c(Cl)cccc2Cl)nc2ccc3nc(-c4ccccc4)[nH]c(=O)c3c21. The van der Waals surface area contributed by atoms with Gasteiger partial charge in [0.25, 0.3) is 5.56 Å². The lowest BCUT2D eigenvalue weighted by Crippen LogP contribution is -2.11. The Morgan fingerprint density at radius 1 is 0.900 bits per heavy atom. The number of aromatic nitrogens is 4. The van der Waals surface area contributed by atoms with Gasteiger partial charge in [0.05, 0.1) is 37.7 Å². The molecule has 0 saturated heterocycles. The third-order valence-electron chi connectivity index (χ3n) is 4.95. The van der Waals surface area contributed by atoms with Crippen LogP contribution in [0.3, 0.4) is 0 Å². The molecular formula is C22H15Cl2N5O. The normalized spacial score (nSPS) is 11.3. The van der Waals surface area contributed by atoms with Crippen LogP contribution in [0.25, 0.3) is 33.3 Å². The number of nitrogens with zero attached hydrogens (tertiary/aromatic N) is 3. The lowest BCUT2D eigenvalue weighted by molar-refractivity contribution is 0.960. The molecule has 0 unspecified atom stereocenters. The Hall–Kier alpha value is -3.35. The van der Waals surface area contributed by atoms with E-state index >= 15 is 0 Å². The van der Waals surface area contributed by atoms with Gasteiger partial charge in [0.2, 0.25) is 5.95 Å². The number of aryl methyl sites for hydroxylation is 1. The molecule has 0 spiro atoms. The van der Waals surface area contributed by atoms with E-state index in [0.717, 1.165) is 5.56 Å². The van der Waals surface area contributed by atoms with E-state index in [4.69, 9.17) is 23.2 Å². The summed E-state index contributed by atoms with van der Waals surface area (Å²) >= 11 is 12.6. The quantitative estimate of drug-likeness (QED) is 0.390. The van der Waals surface area contributed by atoms with Gasteiger partial charge in [0.1, 0.15) is 5.82 Å². The number of aromatic amines is 1. The van der Waals surface area contributed by atoms with E-state index in [0.29, 0.717) is 49.4 Å². The number of anilines is 2. The minimum absolute atomic E-state index is 0.227. The van der Waals surface area contributed by atoms with Gasteiger partial charge in [-0.15, -0.1) is 0 Å². The molecule has 5 rings (SSSR count). The predicted octanol–water partition coefficient (Wildman–Crippen LogP) is 5.53. The lowest BCUT2D eigenvalue weighted by Gasteiger charge is -2.10. The second-order valence-corrected chi connectivity index (χ2v) is 7.64. The average molecular weight is 436 g/mol. The van der Waals surface area contributed by atoms with Crippen LogP contribution in [0.15, 0.2) is 65.5 Å². The Labute approximate surface area is 181 Å². The fraction of sp³-hybridized carbons (Fsp3) is 0.0455.